The van der Waals surface area contributed by atoms with Crippen LogP contribution in [0.15, 0.2) is 18.2 Å². The molecule has 0 unspecified atom stereocenters. The highest BCUT2D eigenvalue weighted by Crippen LogP contribution is 2.33. The molecule has 1 aliphatic carbocycles. The molecule has 1 aliphatic rings. The van der Waals surface area contributed by atoms with Crippen LogP contribution in [0.2, 0.25) is 0 Å². The summed E-state index contributed by atoms with van der Waals surface area (Å²) in [6.45, 7) is 3.05. The number of rotatable bonds is 3. The highest BCUT2D eigenvalue weighted by molar-refractivity contribution is 6.07. The fourth-order valence-electron chi connectivity index (χ4n) is 2.85. The third kappa shape index (κ3) is 2.69. The van der Waals surface area contributed by atoms with Crippen LogP contribution in [0.3, 0.4) is 0 Å². The van der Waals surface area contributed by atoms with Gasteiger partial charge < -0.3 is 0 Å². The van der Waals surface area contributed by atoms with Gasteiger partial charge in [0.2, 0.25) is 0 Å². The van der Waals surface area contributed by atoms with Gasteiger partial charge in [0.1, 0.15) is 0 Å². The van der Waals surface area contributed by atoms with Crippen LogP contribution in [0, 0.1) is 0 Å². The molecule has 2 heteroatoms. The van der Waals surface area contributed by atoms with Crippen molar-refractivity contribution in [1.29, 1.82) is 0 Å². The van der Waals surface area contributed by atoms with Crippen molar-refractivity contribution < 1.29 is 9.59 Å². The molecule has 0 aromatic heterocycles. The average molecular weight is 244 g/mol. The fraction of sp³-hybridized carbons (Fsp3) is 0.500. The number of benzene rings is 1. The van der Waals surface area contributed by atoms with Crippen LogP contribution in [0.5, 0.6) is 0 Å². The van der Waals surface area contributed by atoms with Gasteiger partial charge in [-0.25, -0.2) is 0 Å². The standard InChI is InChI=1S/C16H20O2/c1-11(17)15-9-8-14(10-16(15)12(2)18)13-6-4-3-5-7-13/h8-10,13H,3-7H2,1-2H3. The Labute approximate surface area is 108 Å². The second kappa shape index (κ2) is 5.47. The van der Waals surface area contributed by atoms with E-state index in [1.165, 1.54) is 51.5 Å². The van der Waals surface area contributed by atoms with E-state index in [-0.39, 0.29) is 11.6 Å². The van der Waals surface area contributed by atoms with Crippen LogP contribution in [0.1, 0.15) is 78.1 Å². The molecule has 0 aliphatic heterocycles. The van der Waals surface area contributed by atoms with E-state index < -0.39 is 0 Å². The zero-order chi connectivity index (χ0) is 13.1. The summed E-state index contributed by atoms with van der Waals surface area (Å²) in [4.78, 5) is 23.2. The molecule has 1 aromatic carbocycles. The summed E-state index contributed by atoms with van der Waals surface area (Å²) in [6, 6.07) is 5.79. The molecule has 1 saturated carbocycles. The topological polar surface area (TPSA) is 34.1 Å². The Kier molecular flexibility index (Phi) is 3.95. The lowest BCUT2D eigenvalue weighted by Gasteiger charge is -2.22. The minimum Gasteiger partial charge on any atom is -0.294 e. The summed E-state index contributed by atoms with van der Waals surface area (Å²) < 4.78 is 0. The fourth-order valence-corrected chi connectivity index (χ4v) is 2.85. The molecule has 0 bridgehead atoms. The van der Waals surface area contributed by atoms with Crippen molar-refractivity contribution in [2.75, 3.05) is 0 Å². The highest BCUT2D eigenvalue weighted by Gasteiger charge is 2.18. The highest BCUT2D eigenvalue weighted by atomic mass is 16.1. The van der Waals surface area contributed by atoms with E-state index in [0.717, 1.165) is 0 Å². The lowest BCUT2D eigenvalue weighted by molar-refractivity contribution is 0.0980. The van der Waals surface area contributed by atoms with Crippen molar-refractivity contribution in [2.24, 2.45) is 0 Å². The Balaban J connectivity index is 2.36. The number of carbonyl (C=O) groups excluding carboxylic acids is 2. The van der Waals surface area contributed by atoms with Gasteiger partial charge in [-0.3, -0.25) is 9.59 Å². The smallest absolute Gasteiger partial charge is 0.160 e. The second-order valence-corrected chi connectivity index (χ2v) is 5.25. The normalized spacial score (nSPS) is 16.6. The quantitative estimate of drug-likeness (QED) is 0.749. The SMILES string of the molecule is CC(=O)c1ccc(C2CCCCC2)cc1C(C)=O. The zero-order valence-corrected chi connectivity index (χ0v) is 11.2. The van der Waals surface area contributed by atoms with Gasteiger partial charge in [-0.05, 0) is 44.2 Å². The molecule has 0 heterocycles. The van der Waals surface area contributed by atoms with Crippen molar-refractivity contribution in [3.8, 4) is 0 Å². The average Bonchev–Trinajstić information content (AvgIpc) is 2.39. The molecule has 18 heavy (non-hydrogen) atoms. The maximum Gasteiger partial charge on any atom is 0.160 e. The number of Topliss-reactive ketones (excluding diaryl/α,β-unsaturated/α-hetero) is 2. The van der Waals surface area contributed by atoms with E-state index in [9.17, 15) is 9.59 Å². The molecular weight excluding hydrogens is 224 g/mol. The molecule has 0 amide bonds. The molecule has 1 aromatic rings. The van der Waals surface area contributed by atoms with Crippen molar-refractivity contribution in [3.05, 3.63) is 34.9 Å². The van der Waals surface area contributed by atoms with Crippen molar-refractivity contribution in [2.45, 2.75) is 51.9 Å². The Morgan fingerprint density at radius 1 is 0.944 bits per heavy atom. The van der Waals surface area contributed by atoms with Gasteiger partial charge in [0, 0.05) is 11.1 Å². The maximum atomic E-state index is 11.7. The van der Waals surface area contributed by atoms with E-state index in [4.69, 9.17) is 0 Å². The Morgan fingerprint density at radius 2 is 1.56 bits per heavy atom. The van der Waals surface area contributed by atoms with E-state index >= 15 is 0 Å². The van der Waals surface area contributed by atoms with Gasteiger partial charge in [0.15, 0.2) is 11.6 Å². The summed E-state index contributed by atoms with van der Waals surface area (Å²) in [5.74, 6) is 0.520. The van der Waals surface area contributed by atoms with Crippen LogP contribution >= 0.6 is 0 Å². The molecular formula is C16H20O2. The van der Waals surface area contributed by atoms with Crippen LogP contribution < -0.4 is 0 Å². The van der Waals surface area contributed by atoms with Gasteiger partial charge in [-0.1, -0.05) is 31.4 Å². The molecule has 0 saturated heterocycles. The Morgan fingerprint density at radius 3 is 2.11 bits per heavy atom. The molecule has 1 fully saturated rings. The van der Waals surface area contributed by atoms with Crippen LogP contribution in [-0.2, 0) is 0 Å². The first-order chi connectivity index (χ1) is 8.59. The maximum absolute atomic E-state index is 11.7. The number of hydrogen-bond acceptors (Lipinski definition) is 2. The van der Waals surface area contributed by atoms with Gasteiger partial charge in [0.05, 0.1) is 0 Å². The monoisotopic (exact) mass is 244 g/mol. The Hall–Kier alpha value is -1.44. The van der Waals surface area contributed by atoms with Crippen molar-refractivity contribution in [3.63, 3.8) is 0 Å². The van der Waals surface area contributed by atoms with Gasteiger partial charge in [-0.2, -0.15) is 0 Å². The lowest BCUT2D eigenvalue weighted by Crippen LogP contribution is -2.09. The second-order valence-electron chi connectivity index (χ2n) is 5.25. The largest absolute Gasteiger partial charge is 0.294 e. The van der Waals surface area contributed by atoms with E-state index in [1.807, 2.05) is 18.2 Å². The third-order valence-electron chi connectivity index (χ3n) is 3.88. The molecule has 0 radical (unpaired) electrons. The molecule has 0 atom stereocenters. The van der Waals surface area contributed by atoms with Crippen molar-refractivity contribution in [1.82, 2.24) is 0 Å². The van der Waals surface area contributed by atoms with Crippen molar-refractivity contribution >= 4 is 11.6 Å². The van der Waals surface area contributed by atoms with E-state index in [0.29, 0.717) is 17.0 Å². The molecule has 96 valence electrons. The predicted molar refractivity (Wildman–Crippen MR) is 72.3 cm³/mol. The lowest BCUT2D eigenvalue weighted by atomic mass is 9.82. The minimum atomic E-state index is -0.0320. The van der Waals surface area contributed by atoms with Crippen LogP contribution in [0.4, 0.5) is 0 Å². The predicted octanol–water partition coefficient (Wildman–Crippen LogP) is 4.14. The first-order valence-electron chi connectivity index (χ1n) is 6.75. The van der Waals surface area contributed by atoms with Crippen LogP contribution in [-0.4, -0.2) is 11.6 Å². The summed E-state index contributed by atoms with van der Waals surface area (Å²) in [5, 5.41) is 0. The summed E-state index contributed by atoms with van der Waals surface area (Å²) in [7, 11) is 0. The molecule has 2 nitrogen and oxygen atoms in total. The van der Waals surface area contributed by atoms with Gasteiger partial charge >= 0.3 is 0 Å². The van der Waals surface area contributed by atoms with Gasteiger partial charge in [0.25, 0.3) is 0 Å². The molecule has 0 spiro atoms. The zero-order valence-electron chi connectivity index (χ0n) is 11.2. The first-order valence-corrected chi connectivity index (χ1v) is 6.75. The van der Waals surface area contributed by atoms with E-state index in [2.05, 4.69) is 0 Å². The van der Waals surface area contributed by atoms with E-state index in [1.54, 1.807) is 0 Å². The van der Waals surface area contributed by atoms with Gasteiger partial charge in [-0.15, -0.1) is 0 Å². The molecule has 0 N–H and O–H groups in total. The summed E-state index contributed by atoms with van der Waals surface area (Å²) in [6.07, 6.45) is 6.28. The number of hydrogen-bond donors (Lipinski definition) is 0. The first kappa shape index (κ1) is 13.0. The Bertz CT molecular complexity index is 468. The third-order valence-corrected chi connectivity index (χ3v) is 3.88. The summed E-state index contributed by atoms with van der Waals surface area (Å²) in [5.41, 5.74) is 2.37. The number of ketones is 2. The molecule has 2 rings (SSSR count). The number of carbonyl (C=O) groups is 2. The minimum absolute atomic E-state index is 0.0159. The summed E-state index contributed by atoms with van der Waals surface area (Å²) >= 11 is 0. The van der Waals surface area contributed by atoms with Crippen LogP contribution in [0.25, 0.3) is 0 Å².